The van der Waals surface area contributed by atoms with Gasteiger partial charge >= 0.3 is 0 Å². The fourth-order valence-electron chi connectivity index (χ4n) is 4.27. The lowest BCUT2D eigenvalue weighted by Crippen LogP contribution is -2.50. The Hall–Kier alpha value is -1.14. The molecule has 3 rings (SSSR count). The topological polar surface area (TPSA) is 64.1 Å². The average molecular weight is 323 g/mol. The summed E-state index contributed by atoms with van der Waals surface area (Å²) in [6, 6.07) is 0.510. The van der Waals surface area contributed by atoms with Crippen molar-refractivity contribution in [1.82, 2.24) is 14.7 Å². The van der Waals surface area contributed by atoms with E-state index in [4.69, 9.17) is 0 Å². The third kappa shape index (κ3) is 3.86. The van der Waals surface area contributed by atoms with Crippen molar-refractivity contribution < 1.29 is 14.7 Å². The van der Waals surface area contributed by atoms with Crippen LogP contribution >= 0.6 is 0 Å². The van der Waals surface area contributed by atoms with Gasteiger partial charge in [-0.2, -0.15) is 0 Å². The van der Waals surface area contributed by atoms with Gasteiger partial charge in [0.2, 0.25) is 11.8 Å². The first-order valence-corrected chi connectivity index (χ1v) is 9.01. The molecular weight excluding hydrogens is 294 g/mol. The third-order valence-electron chi connectivity index (χ3n) is 5.70. The van der Waals surface area contributed by atoms with E-state index in [-0.39, 0.29) is 23.8 Å². The van der Waals surface area contributed by atoms with Gasteiger partial charge < -0.3 is 14.9 Å². The number of likely N-dealkylation sites (tertiary alicyclic amines) is 3. The Balaban J connectivity index is 1.49. The summed E-state index contributed by atoms with van der Waals surface area (Å²) in [7, 11) is 0. The minimum atomic E-state index is -0.172. The molecule has 3 aliphatic rings. The highest BCUT2D eigenvalue weighted by Crippen LogP contribution is 2.24. The first-order chi connectivity index (χ1) is 11.0. The van der Waals surface area contributed by atoms with Crippen LogP contribution in [0.25, 0.3) is 0 Å². The van der Waals surface area contributed by atoms with Crippen molar-refractivity contribution in [1.29, 1.82) is 0 Å². The Morgan fingerprint density at radius 2 is 1.65 bits per heavy atom. The van der Waals surface area contributed by atoms with Crippen LogP contribution in [0.15, 0.2) is 0 Å². The molecule has 0 aromatic heterocycles. The van der Waals surface area contributed by atoms with E-state index in [2.05, 4.69) is 4.90 Å². The number of amides is 2. The lowest BCUT2D eigenvalue weighted by molar-refractivity contribution is -0.141. The largest absolute Gasteiger partial charge is 0.392 e. The predicted octanol–water partition coefficient (Wildman–Crippen LogP) is 0.303. The lowest BCUT2D eigenvalue weighted by Gasteiger charge is -2.39. The molecule has 2 unspecified atom stereocenters. The van der Waals surface area contributed by atoms with Gasteiger partial charge in [-0.25, -0.2) is 0 Å². The van der Waals surface area contributed by atoms with E-state index < -0.39 is 0 Å². The van der Waals surface area contributed by atoms with Crippen LogP contribution in [0.2, 0.25) is 0 Å². The van der Waals surface area contributed by atoms with Crippen LogP contribution in [0.3, 0.4) is 0 Å². The highest BCUT2D eigenvalue weighted by Gasteiger charge is 2.34. The highest BCUT2D eigenvalue weighted by molar-refractivity contribution is 5.81. The number of carbonyl (C=O) groups excluding carboxylic acids is 2. The van der Waals surface area contributed by atoms with E-state index in [9.17, 15) is 14.7 Å². The molecular formula is C17H29N3O3. The van der Waals surface area contributed by atoms with Gasteiger partial charge in [0.25, 0.3) is 0 Å². The van der Waals surface area contributed by atoms with E-state index >= 15 is 0 Å². The fraction of sp³-hybridized carbons (Fsp3) is 0.882. The van der Waals surface area contributed by atoms with Crippen LogP contribution in [0.5, 0.6) is 0 Å². The second kappa shape index (κ2) is 7.18. The molecule has 3 saturated heterocycles. The van der Waals surface area contributed by atoms with Crippen molar-refractivity contribution in [2.75, 3.05) is 39.3 Å². The lowest BCUT2D eigenvalue weighted by atomic mass is 9.94. The molecule has 3 aliphatic heterocycles. The number of β-amino-alcohol motifs (C(OH)–C–C–N with tert-alkyl or cyclic N) is 1. The standard InChI is InChI=1S/C17H29N3O3/c1-13(21)19-7-2-3-14(11-19)17(23)18-8-4-15(5-9-18)20-10-6-16(22)12-20/h14-16,22H,2-12H2,1H3. The molecule has 0 aromatic rings. The molecule has 0 spiro atoms. The number of nitrogens with zero attached hydrogens (tertiary/aromatic N) is 3. The maximum absolute atomic E-state index is 12.7. The third-order valence-corrected chi connectivity index (χ3v) is 5.70. The van der Waals surface area contributed by atoms with Gasteiger partial charge in [-0.05, 0) is 32.1 Å². The quantitative estimate of drug-likeness (QED) is 0.794. The molecule has 2 atom stereocenters. The second-order valence-electron chi connectivity index (χ2n) is 7.30. The van der Waals surface area contributed by atoms with Crippen molar-refractivity contribution in [3.63, 3.8) is 0 Å². The smallest absolute Gasteiger partial charge is 0.227 e. The Kier molecular flexibility index (Phi) is 5.21. The molecule has 0 aliphatic carbocycles. The molecule has 6 nitrogen and oxygen atoms in total. The summed E-state index contributed by atoms with van der Waals surface area (Å²) in [6.45, 7) is 6.36. The van der Waals surface area contributed by atoms with Crippen LogP contribution in [0.4, 0.5) is 0 Å². The number of hydrogen-bond acceptors (Lipinski definition) is 4. The minimum Gasteiger partial charge on any atom is -0.392 e. The number of aliphatic hydroxyl groups excluding tert-OH is 1. The molecule has 3 fully saturated rings. The fourth-order valence-corrected chi connectivity index (χ4v) is 4.27. The molecule has 2 amide bonds. The van der Waals surface area contributed by atoms with Crippen molar-refractivity contribution in [2.45, 2.75) is 51.2 Å². The first kappa shape index (κ1) is 16.7. The Morgan fingerprint density at radius 1 is 0.913 bits per heavy atom. The summed E-state index contributed by atoms with van der Waals surface area (Å²) in [5.41, 5.74) is 0. The van der Waals surface area contributed by atoms with E-state index in [0.717, 1.165) is 64.8 Å². The number of aliphatic hydroxyl groups is 1. The zero-order valence-corrected chi connectivity index (χ0v) is 14.1. The molecule has 0 aromatic carbocycles. The van der Waals surface area contributed by atoms with Crippen LogP contribution in [-0.4, -0.2) is 83.0 Å². The van der Waals surface area contributed by atoms with Gasteiger partial charge in [0.1, 0.15) is 0 Å². The van der Waals surface area contributed by atoms with Crippen LogP contribution in [0.1, 0.15) is 39.0 Å². The Bertz CT molecular complexity index is 448. The van der Waals surface area contributed by atoms with Crippen molar-refractivity contribution in [3.8, 4) is 0 Å². The molecule has 0 bridgehead atoms. The van der Waals surface area contributed by atoms with Crippen molar-refractivity contribution in [3.05, 3.63) is 0 Å². The van der Waals surface area contributed by atoms with Crippen molar-refractivity contribution in [2.24, 2.45) is 5.92 Å². The molecule has 1 N–H and O–H groups in total. The maximum Gasteiger partial charge on any atom is 0.227 e. The first-order valence-electron chi connectivity index (χ1n) is 9.01. The summed E-state index contributed by atoms with van der Waals surface area (Å²) in [5, 5.41) is 9.67. The SMILES string of the molecule is CC(=O)N1CCCC(C(=O)N2CCC(N3CCC(O)C3)CC2)C1. The molecule has 23 heavy (non-hydrogen) atoms. The van der Waals surface area contributed by atoms with Gasteiger partial charge in [0, 0.05) is 52.2 Å². The molecule has 3 heterocycles. The second-order valence-corrected chi connectivity index (χ2v) is 7.30. The maximum atomic E-state index is 12.7. The summed E-state index contributed by atoms with van der Waals surface area (Å²) in [4.78, 5) is 30.5. The number of rotatable bonds is 2. The summed E-state index contributed by atoms with van der Waals surface area (Å²) >= 11 is 0. The van der Waals surface area contributed by atoms with Gasteiger partial charge in [0.15, 0.2) is 0 Å². The molecule has 6 heteroatoms. The van der Waals surface area contributed by atoms with Crippen LogP contribution in [-0.2, 0) is 9.59 Å². The minimum absolute atomic E-state index is 0.0159. The number of piperidine rings is 2. The number of hydrogen-bond donors (Lipinski definition) is 1. The van der Waals surface area contributed by atoms with Gasteiger partial charge in [-0.3, -0.25) is 14.5 Å². The van der Waals surface area contributed by atoms with Gasteiger partial charge in [0.05, 0.1) is 12.0 Å². The van der Waals surface area contributed by atoms with Crippen LogP contribution < -0.4 is 0 Å². The van der Waals surface area contributed by atoms with E-state index in [1.165, 1.54) is 0 Å². The molecule has 130 valence electrons. The Morgan fingerprint density at radius 3 is 2.26 bits per heavy atom. The van der Waals surface area contributed by atoms with E-state index in [0.29, 0.717) is 12.6 Å². The summed E-state index contributed by atoms with van der Waals surface area (Å²) in [6.07, 6.45) is 4.54. The normalized spacial score (nSPS) is 30.7. The zero-order valence-electron chi connectivity index (χ0n) is 14.1. The zero-order chi connectivity index (χ0) is 16.4. The highest BCUT2D eigenvalue weighted by atomic mass is 16.3. The molecule has 0 saturated carbocycles. The summed E-state index contributed by atoms with van der Waals surface area (Å²) < 4.78 is 0. The monoisotopic (exact) mass is 323 g/mol. The van der Waals surface area contributed by atoms with E-state index in [1.807, 2.05) is 9.80 Å². The van der Waals surface area contributed by atoms with Gasteiger partial charge in [-0.15, -0.1) is 0 Å². The predicted molar refractivity (Wildman–Crippen MR) is 86.8 cm³/mol. The van der Waals surface area contributed by atoms with Crippen molar-refractivity contribution >= 4 is 11.8 Å². The van der Waals surface area contributed by atoms with E-state index in [1.54, 1.807) is 6.92 Å². The summed E-state index contributed by atoms with van der Waals surface area (Å²) in [5.74, 6) is 0.294. The average Bonchev–Trinajstić information content (AvgIpc) is 3.01. The number of carbonyl (C=O) groups is 2. The van der Waals surface area contributed by atoms with Crippen LogP contribution in [0, 0.1) is 5.92 Å². The van der Waals surface area contributed by atoms with Gasteiger partial charge in [-0.1, -0.05) is 0 Å². The molecule has 0 radical (unpaired) electrons. The Labute approximate surface area is 138 Å².